The van der Waals surface area contributed by atoms with Crippen molar-refractivity contribution in [2.75, 3.05) is 19.7 Å². The van der Waals surface area contributed by atoms with Crippen LogP contribution in [0.2, 0.25) is 0 Å². The largest absolute Gasteiger partial charge is 0.480 e. The molecule has 1 unspecified atom stereocenters. The topological polar surface area (TPSA) is 78.9 Å². The van der Waals surface area contributed by atoms with Crippen molar-refractivity contribution in [2.24, 2.45) is 0 Å². The van der Waals surface area contributed by atoms with Gasteiger partial charge in [0.2, 0.25) is 5.91 Å². The molecule has 0 aliphatic carbocycles. The number of carbonyl (C=O) groups is 2. The molecule has 104 valence electrons. The fraction of sp³-hybridized carbons (Fsp3) is 0.833. The molecule has 6 nitrogen and oxygen atoms in total. The number of nitrogens with one attached hydrogen (secondary N) is 1. The van der Waals surface area contributed by atoms with Crippen molar-refractivity contribution in [3.05, 3.63) is 0 Å². The number of likely N-dealkylation sites (tertiary alicyclic amines) is 1. The van der Waals surface area contributed by atoms with Crippen molar-refractivity contribution in [3.63, 3.8) is 0 Å². The number of carboxylic acids is 1. The summed E-state index contributed by atoms with van der Waals surface area (Å²) < 4.78 is 5.30. The van der Waals surface area contributed by atoms with Gasteiger partial charge in [-0.3, -0.25) is 9.69 Å². The lowest BCUT2D eigenvalue weighted by Crippen LogP contribution is -2.66. The quantitative estimate of drug-likeness (QED) is 0.705. The van der Waals surface area contributed by atoms with E-state index in [1.165, 1.54) is 0 Å². The van der Waals surface area contributed by atoms with Crippen molar-refractivity contribution in [1.82, 2.24) is 10.2 Å². The summed E-state index contributed by atoms with van der Waals surface area (Å²) in [5, 5.41) is 11.4. The molecular formula is C12H22N2O4. The fourth-order valence-electron chi connectivity index (χ4n) is 1.98. The van der Waals surface area contributed by atoms with Crippen LogP contribution >= 0.6 is 0 Å². The van der Waals surface area contributed by atoms with Gasteiger partial charge < -0.3 is 15.2 Å². The Morgan fingerprint density at radius 2 is 1.94 bits per heavy atom. The SMILES string of the molecule is CC(C)NC(=O)C(C)N1CC(C)(OCC(=O)O)C1. The molecule has 18 heavy (non-hydrogen) atoms. The third kappa shape index (κ3) is 3.96. The Bertz CT molecular complexity index is 324. The van der Waals surface area contributed by atoms with E-state index >= 15 is 0 Å². The molecule has 0 aromatic heterocycles. The van der Waals surface area contributed by atoms with Gasteiger partial charge in [0.25, 0.3) is 0 Å². The average Bonchev–Trinajstić information content (AvgIpc) is 2.20. The van der Waals surface area contributed by atoms with Gasteiger partial charge in [0.05, 0.1) is 11.6 Å². The zero-order chi connectivity index (χ0) is 13.9. The maximum absolute atomic E-state index is 11.8. The maximum atomic E-state index is 11.8. The van der Waals surface area contributed by atoms with Crippen molar-refractivity contribution in [2.45, 2.75) is 45.4 Å². The lowest BCUT2D eigenvalue weighted by atomic mass is 9.94. The van der Waals surface area contributed by atoms with Crippen LogP contribution < -0.4 is 5.32 Å². The zero-order valence-corrected chi connectivity index (χ0v) is 11.4. The number of rotatable bonds is 6. The third-order valence-electron chi connectivity index (χ3n) is 2.98. The van der Waals surface area contributed by atoms with Crippen LogP contribution in [0.4, 0.5) is 0 Å². The standard InChI is InChI=1S/C12H22N2O4/c1-8(2)13-11(17)9(3)14-6-12(4,7-14)18-5-10(15)16/h8-9H,5-7H2,1-4H3,(H,13,17)(H,15,16). The highest BCUT2D eigenvalue weighted by molar-refractivity contribution is 5.81. The number of ether oxygens (including phenoxy) is 1. The maximum Gasteiger partial charge on any atom is 0.329 e. The monoisotopic (exact) mass is 258 g/mol. The summed E-state index contributed by atoms with van der Waals surface area (Å²) >= 11 is 0. The molecule has 6 heteroatoms. The summed E-state index contributed by atoms with van der Waals surface area (Å²) in [6, 6.07) is -0.0928. The second-order valence-electron chi connectivity index (χ2n) is 5.38. The van der Waals surface area contributed by atoms with Crippen LogP contribution in [0.5, 0.6) is 0 Å². The second kappa shape index (κ2) is 5.67. The first-order valence-electron chi connectivity index (χ1n) is 6.14. The number of hydrogen-bond acceptors (Lipinski definition) is 4. The van der Waals surface area contributed by atoms with E-state index in [0.717, 1.165) is 0 Å². The van der Waals surface area contributed by atoms with Crippen LogP contribution in [0.15, 0.2) is 0 Å². The molecule has 1 aliphatic rings. The number of carbonyl (C=O) groups excluding carboxylic acids is 1. The molecule has 0 aromatic rings. The summed E-state index contributed by atoms with van der Waals surface area (Å²) in [5.74, 6) is -0.981. The molecule has 1 amide bonds. The summed E-state index contributed by atoms with van der Waals surface area (Å²) in [6.07, 6.45) is 0. The summed E-state index contributed by atoms with van der Waals surface area (Å²) in [6.45, 7) is 8.40. The Morgan fingerprint density at radius 3 is 2.39 bits per heavy atom. The molecule has 0 spiro atoms. The Labute approximate surface area is 107 Å². The second-order valence-corrected chi connectivity index (χ2v) is 5.38. The van der Waals surface area contributed by atoms with E-state index in [1.807, 2.05) is 32.6 Å². The van der Waals surface area contributed by atoms with E-state index in [9.17, 15) is 9.59 Å². The van der Waals surface area contributed by atoms with Gasteiger partial charge in [-0.1, -0.05) is 0 Å². The Kier molecular flexibility index (Phi) is 4.70. The summed E-state index contributed by atoms with van der Waals surface area (Å²) in [7, 11) is 0. The first kappa shape index (κ1) is 14.9. The van der Waals surface area contributed by atoms with Crippen molar-refractivity contribution in [3.8, 4) is 0 Å². The highest BCUT2D eigenvalue weighted by Gasteiger charge is 2.43. The van der Waals surface area contributed by atoms with Gasteiger partial charge in [-0.25, -0.2) is 4.79 Å². The average molecular weight is 258 g/mol. The number of aliphatic carboxylic acids is 1. The lowest BCUT2D eigenvalue weighted by Gasteiger charge is -2.49. The zero-order valence-electron chi connectivity index (χ0n) is 11.4. The van der Waals surface area contributed by atoms with Gasteiger partial charge in [-0.15, -0.1) is 0 Å². The number of hydrogen-bond donors (Lipinski definition) is 2. The molecule has 1 saturated heterocycles. The van der Waals surface area contributed by atoms with E-state index in [0.29, 0.717) is 13.1 Å². The van der Waals surface area contributed by atoms with Gasteiger partial charge >= 0.3 is 5.97 Å². The molecule has 1 rings (SSSR count). The van der Waals surface area contributed by atoms with Gasteiger partial charge in [0.1, 0.15) is 6.61 Å². The van der Waals surface area contributed by atoms with E-state index in [-0.39, 0.29) is 24.6 Å². The molecule has 2 N–H and O–H groups in total. The van der Waals surface area contributed by atoms with Crippen molar-refractivity contribution >= 4 is 11.9 Å². The third-order valence-corrected chi connectivity index (χ3v) is 2.98. The van der Waals surface area contributed by atoms with Gasteiger partial charge in [0.15, 0.2) is 0 Å². The van der Waals surface area contributed by atoms with Gasteiger partial charge in [-0.05, 0) is 27.7 Å². The minimum absolute atomic E-state index is 0.00900. The first-order valence-corrected chi connectivity index (χ1v) is 6.14. The predicted molar refractivity (Wildman–Crippen MR) is 66.3 cm³/mol. The first-order chi connectivity index (χ1) is 8.23. The number of nitrogens with zero attached hydrogens (tertiary/aromatic N) is 1. The highest BCUT2D eigenvalue weighted by atomic mass is 16.5. The fourth-order valence-corrected chi connectivity index (χ4v) is 1.98. The summed E-state index contributed by atoms with van der Waals surface area (Å²) in [4.78, 5) is 24.2. The van der Waals surface area contributed by atoms with Gasteiger partial charge in [0, 0.05) is 19.1 Å². The number of amides is 1. The molecule has 0 aromatic carbocycles. The minimum atomic E-state index is -0.972. The van der Waals surface area contributed by atoms with E-state index < -0.39 is 11.6 Å². The van der Waals surface area contributed by atoms with E-state index in [2.05, 4.69) is 5.32 Å². The Morgan fingerprint density at radius 1 is 1.39 bits per heavy atom. The van der Waals surface area contributed by atoms with E-state index in [4.69, 9.17) is 9.84 Å². The van der Waals surface area contributed by atoms with Gasteiger partial charge in [-0.2, -0.15) is 0 Å². The molecule has 0 saturated carbocycles. The lowest BCUT2D eigenvalue weighted by molar-refractivity contribution is -0.171. The Hall–Kier alpha value is -1.14. The van der Waals surface area contributed by atoms with E-state index in [1.54, 1.807) is 0 Å². The molecule has 0 bridgehead atoms. The highest BCUT2D eigenvalue weighted by Crippen LogP contribution is 2.26. The van der Waals surface area contributed by atoms with Crippen LogP contribution in [0.1, 0.15) is 27.7 Å². The predicted octanol–water partition coefficient (Wildman–Crippen LogP) is 0.0750. The summed E-state index contributed by atoms with van der Waals surface area (Å²) in [5.41, 5.74) is -0.454. The van der Waals surface area contributed by atoms with Crippen LogP contribution in [0.3, 0.4) is 0 Å². The van der Waals surface area contributed by atoms with Crippen LogP contribution in [0.25, 0.3) is 0 Å². The van der Waals surface area contributed by atoms with Crippen LogP contribution in [-0.2, 0) is 14.3 Å². The normalized spacial score (nSPS) is 20.3. The Balaban J connectivity index is 2.36. The number of carboxylic acid groups (broad SMARTS) is 1. The molecule has 1 aliphatic heterocycles. The minimum Gasteiger partial charge on any atom is -0.480 e. The smallest absolute Gasteiger partial charge is 0.329 e. The van der Waals surface area contributed by atoms with Crippen molar-refractivity contribution < 1.29 is 19.4 Å². The molecular weight excluding hydrogens is 236 g/mol. The molecule has 1 atom stereocenters. The molecule has 1 fully saturated rings. The van der Waals surface area contributed by atoms with Crippen molar-refractivity contribution in [1.29, 1.82) is 0 Å². The molecule has 0 radical (unpaired) electrons. The van der Waals surface area contributed by atoms with Crippen LogP contribution in [0, 0.1) is 0 Å². The van der Waals surface area contributed by atoms with Crippen LogP contribution in [-0.4, -0.2) is 59.3 Å². The molecule has 1 heterocycles.